The van der Waals surface area contributed by atoms with E-state index in [1.54, 1.807) is 11.8 Å². The molecule has 3 rings (SSSR count). The molecule has 0 aliphatic rings. The van der Waals surface area contributed by atoms with Crippen molar-refractivity contribution >= 4 is 28.6 Å². The lowest BCUT2D eigenvalue weighted by Gasteiger charge is -2.07. The molecule has 0 radical (unpaired) electrons. The van der Waals surface area contributed by atoms with Crippen molar-refractivity contribution in [3.8, 4) is 0 Å². The molecule has 24 heavy (non-hydrogen) atoms. The molecule has 3 nitrogen and oxygen atoms in total. The molecule has 0 heterocycles. The van der Waals surface area contributed by atoms with E-state index in [1.807, 2.05) is 42.5 Å². The first kappa shape index (κ1) is 16.4. The van der Waals surface area contributed by atoms with Crippen molar-refractivity contribution in [3.05, 3.63) is 78.4 Å². The molecule has 122 valence electrons. The number of thioether (sulfide) groups is 1. The first-order valence-electron chi connectivity index (χ1n) is 7.87. The van der Waals surface area contributed by atoms with Crippen LogP contribution in [0.1, 0.15) is 5.56 Å². The van der Waals surface area contributed by atoms with E-state index < -0.39 is 0 Å². The Balaban J connectivity index is 1.39. The summed E-state index contributed by atoms with van der Waals surface area (Å²) < 4.78 is 5.18. The van der Waals surface area contributed by atoms with Crippen LogP contribution in [-0.2, 0) is 11.3 Å². The summed E-state index contributed by atoms with van der Waals surface area (Å²) in [5.41, 5.74) is 0.984. The molecular formula is C20H19NO2S. The number of alkyl carbamates (subject to hydrolysis) is 1. The highest BCUT2D eigenvalue weighted by atomic mass is 32.2. The van der Waals surface area contributed by atoms with Gasteiger partial charge in [-0.1, -0.05) is 60.7 Å². The lowest BCUT2D eigenvalue weighted by molar-refractivity contribution is 0.140. The summed E-state index contributed by atoms with van der Waals surface area (Å²) in [5, 5.41) is 5.25. The SMILES string of the molecule is O=C(NCCSc1ccc2ccccc2c1)OCc1ccccc1. The van der Waals surface area contributed by atoms with Crippen molar-refractivity contribution in [3.63, 3.8) is 0 Å². The van der Waals surface area contributed by atoms with Gasteiger partial charge in [0.1, 0.15) is 6.61 Å². The van der Waals surface area contributed by atoms with Gasteiger partial charge in [0.2, 0.25) is 0 Å². The third-order valence-corrected chi connectivity index (χ3v) is 4.57. The third kappa shape index (κ3) is 4.77. The molecule has 0 fully saturated rings. The first-order chi connectivity index (χ1) is 11.8. The number of ether oxygens (including phenoxy) is 1. The van der Waals surface area contributed by atoms with Gasteiger partial charge in [-0.3, -0.25) is 0 Å². The average Bonchev–Trinajstić information content (AvgIpc) is 2.64. The van der Waals surface area contributed by atoms with Gasteiger partial charge in [0, 0.05) is 17.2 Å². The number of rotatable bonds is 6. The molecule has 0 spiro atoms. The Morgan fingerprint density at radius 1 is 0.917 bits per heavy atom. The zero-order chi connectivity index (χ0) is 16.6. The second-order valence-corrected chi connectivity index (χ2v) is 6.51. The van der Waals surface area contributed by atoms with Crippen LogP contribution in [0.15, 0.2) is 77.7 Å². The van der Waals surface area contributed by atoms with Gasteiger partial charge in [-0.25, -0.2) is 4.79 Å². The van der Waals surface area contributed by atoms with Crippen LogP contribution in [0.2, 0.25) is 0 Å². The normalized spacial score (nSPS) is 10.5. The van der Waals surface area contributed by atoms with Gasteiger partial charge in [0.25, 0.3) is 0 Å². The summed E-state index contributed by atoms with van der Waals surface area (Å²) >= 11 is 1.72. The average molecular weight is 337 g/mol. The number of fused-ring (bicyclic) bond motifs is 1. The van der Waals surface area contributed by atoms with Gasteiger partial charge in [-0.15, -0.1) is 11.8 Å². The maximum absolute atomic E-state index is 11.7. The summed E-state index contributed by atoms with van der Waals surface area (Å²) in [4.78, 5) is 12.9. The third-order valence-electron chi connectivity index (χ3n) is 3.57. The molecule has 0 aliphatic heterocycles. The van der Waals surface area contributed by atoms with E-state index >= 15 is 0 Å². The molecule has 0 aromatic heterocycles. The Hall–Kier alpha value is -2.46. The minimum absolute atomic E-state index is 0.296. The minimum Gasteiger partial charge on any atom is -0.445 e. The van der Waals surface area contributed by atoms with Crippen LogP contribution in [0, 0.1) is 0 Å². The quantitative estimate of drug-likeness (QED) is 0.516. The molecule has 0 bridgehead atoms. The predicted molar refractivity (Wildman–Crippen MR) is 99.3 cm³/mol. The van der Waals surface area contributed by atoms with Crippen molar-refractivity contribution in [2.45, 2.75) is 11.5 Å². The number of nitrogens with one attached hydrogen (secondary N) is 1. The van der Waals surface area contributed by atoms with Crippen LogP contribution in [-0.4, -0.2) is 18.4 Å². The van der Waals surface area contributed by atoms with Gasteiger partial charge in [-0.2, -0.15) is 0 Å². The van der Waals surface area contributed by atoms with Gasteiger partial charge < -0.3 is 10.1 Å². The zero-order valence-electron chi connectivity index (χ0n) is 13.3. The van der Waals surface area contributed by atoms with Crippen LogP contribution < -0.4 is 5.32 Å². The maximum Gasteiger partial charge on any atom is 0.407 e. The Morgan fingerprint density at radius 2 is 1.67 bits per heavy atom. The van der Waals surface area contributed by atoms with E-state index in [9.17, 15) is 4.79 Å². The van der Waals surface area contributed by atoms with Crippen molar-refractivity contribution < 1.29 is 9.53 Å². The lowest BCUT2D eigenvalue weighted by Crippen LogP contribution is -2.26. The number of hydrogen-bond donors (Lipinski definition) is 1. The van der Waals surface area contributed by atoms with Gasteiger partial charge in [0.05, 0.1) is 0 Å². The van der Waals surface area contributed by atoms with Crippen LogP contribution in [0.25, 0.3) is 10.8 Å². The van der Waals surface area contributed by atoms with Crippen LogP contribution >= 0.6 is 11.8 Å². The highest BCUT2D eigenvalue weighted by molar-refractivity contribution is 7.99. The van der Waals surface area contributed by atoms with Crippen molar-refractivity contribution in [2.24, 2.45) is 0 Å². The summed E-state index contributed by atoms with van der Waals surface area (Å²) in [6, 6.07) is 24.4. The Morgan fingerprint density at radius 3 is 2.50 bits per heavy atom. The van der Waals surface area contributed by atoms with Crippen molar-refractivity contribution in [2.75, 3.05) is 12.3 Å². The van der Waals surface area contributed by atoms with E-state index in [-0.39, 0.29) is 6.09 Å². The summed E-state index contributed by atoms with van der Waals surface area (Å²) in [6.07, 6.45) is -0.377. The molecule has 3 aromatic carbocycles. The topological polar surface area (TPSA) is 38.3 Å². The second kappa shape index (κ2) is 8.41. The van der Waals surface area contributed by atoms with Gasteiger partial charge >= 0.3 is 6.09 Å². The van der Waals surface area contributed by atoms with Crippen molar-refractivity contribution in [1.82, 2.24) is 5.32 Å². The molecule has 0 saturated carbocycles. The summed E-state index contributed by atoms with van der Waals surface area (Å²) in [6.45, 7) is 0.871. The zero-order valence-corrected chi connectivity index (χ0v) is 14.1. The molecular weight excluding hydrogens is 318 g/mol. The summed E-state index contributed by atoms with van der Waals surface area (Å²) in [7, 11) is 0. The molecule has 0 saturated heterocycles. The molecule has 4 heteroatoms. The molecule has 0 atom stereocenters. The predicted octanol–water partition coefficient (Wildman–Crippen LogP) is 4.86. The van der Waals surface area contributed by atoms with E-state index in [1.165, 1.54) is 15.7 Å². The fraction of sp³-hybridized carbons (Fsp3) is 0.150. The molecule has 1 amide bonds. The summed E-state index contributed by atoms with van der Waals surface area (Å²) in [5.74, 6) is 0.804. The van der Waals surface area contributed by atoms with E-state index in [2.05, 4.69) is 35.6 Å². The Labute approximate surface area is 146 Å². The highest BCUT2D eigenvalue weighted by Gasteiger charge is 2.02. The Kier molecular flexibility index (Phi) is 5.75. The van der Waals surface area contributed by atoms with Crippen LogP contribution in [0.5, 0.6) is 0 Å². The van der Waals surface area contributed by atoms with E-state index in [0.29, 0.717) is 13.2 Å². The van der Waals surface area contributed by atoms with Crippen LogP contribution in [0.3, 0.4) is 0 Å². The van der Waals surface area contributed by atoms with Crippen molar-refractivity contribution in [1.29, 1.82) is 0 Å². The molecule has 3 aromatic rings. The standard InChI is InChI=1S/C20H19NO2S/c22-20(23-15-16-6-2-1-3-7-16)21-12-13-24-19-11-10-17-8-4-5-9-18(17)14-19/h1-11,14H,12-13,15H2,(H,21,22). The Bertz CT molecular complexity index is 805. The largest absolute Gasteiger partial charge is 0.445 e. The number of carbonyl (C=O) groups excluding carboxylic acids is 1. The smallest absolute Gasteiger partial charge is 0.407 e. The van der Waals surface area contributed by atoms with Gasteiger partial charge in [0.15, 0.2) is 0 Å². The number of amides is 1. The molecule has 1 N–H and O–H groups in total. The molecule has 0 unspecified atom stereocenters. The fourth-order valence-corrected chi connectivity index (χ4v) is 3.17. The number of benzene rings is 3. The van der Waals surface area contributed by atoms with Crippen LogP contribution in [0.4, 0.5) is 4.79 Å². The lowest BCUT2D eigenvalue weighted by atomic mass is 10.1. The molecule has 0 aliphatic carbocycles. The first-order valence-corrected chi connectivity index (χ1v) is 8.86. The van der Waals surface area contributed by atoms with E-state index in [0.717, 1.165) is 11.3 Å². The monoisotopic (exact) mass is 337 g/mol. The number of hydrogen-bond acceptors (Lipinski definition) is 3. The number of carbonyl (C=O) groups is 1. The highest BCUT2D eigenvalue weighted by Crippen LogP contribution is 2.23. The fourth-order valence-electron chi connectivity index (χ4n) is 2.35. The second-order valence-electron chi connectivity index (χ2n) is 5.35. The van der Waals surface area contributed by atoms with Gasteiger partial charge in [-0.05, 0) is 28.5 Å². The maximum atomic E-state index is 11.7. The van der Waals surface area contributed by atoms with E-state index in [4.69, 9.17) is 4.74 Å². The minimum atomic E-state index is -0.377.